The predicted octanol–water partition coefficient (Wildman–Crippen LogP) is 2.47. The van der Waals surface area contributed by atoms with Gasteiger partial charge in [-0.1, -0.05) is 32.6 Å². The molecule has 4 heteroatoms. The average Bonchev–Trinajstić information content (AvgIpc) is 2.26. The van der Waals surface area contributed by atoms with Crippen LogP contribution in [0.3, 0.4) is 0 Å². The van der Waals surface area contributed by atoms with E-state index in [4.69, 9.17) is 5.11 Å². The van der Waals surface area contributed by atoms with Gasteiger partial charge in [-0.3, -0.25) is 9.59 Å². The van der Waals surface area contributed by atoms with Gasteiger partial charge in [0.1, 0.15) is 0 Å². The normalized spacial score (nSPS) is 18.6. The minimum atomic E-state index is -0.817. The molecule has 0 aromatic heterocycles. The largest absolute Gasteiger partial charge is 0.481 e. The Balaban J connectivity index is 2.56. The molecule has 0 unspecified atom stereocenters. The Hall–Kier alpha value is -1.06. The van der Waals surface area contributed by atoms with Crippen LogP contribution in [0.2, 0.25) is 0 Å². The second-order valence-electron chi connectivity index (χ2n) is 5.06. The second kappa shape index (κ2) is 6.62. The molecule has 4 nitrogen and oxygen atoms in total. The third-order valence-corrected chi connectivity index (χ3v) is 3.46. The molecule has 17 heavy (non-hydrogen) atoms. The molecule has 1 amide bonds. The Kier molecular flexibility index (Phi) is 5.45. The maximum absolute atomic E-state index is 11.8. The molecule has 2 N–H and O–H groups in total. The van der Waals surface area contributed by atoms with Crippen molar-refractivity contribution in [2.24, 2.45) is 0 Å². The number of hydrogen-bond acceptors (Lipinski definition) is 2. The van der Waals surface area contributed by atoms with E-state index in [1.165, 1.54) is 0 Å². The van der Waals surface area contributed by atoms with Crippen LogP contribution in [0.1, 0.15) is 64.7 Å². The minimum Gasteiger partial charge on any atom is -0.481 e. The highest BCUT2D eigenvalue weighted by Crippen LogP contribution is 2.31. The number of carbonyl (C=O) groups is 2. The van der Waals surface area contributed by atoms with E-state index in [1.54, 1.807) is 0 Å². The smallest absolute Gasteiger partial charge is 0.305 e. The fourth-order valence-electron chi connectivity index (χ4n) is 2.56. The van der Waals surface area contributed by atoms with Crippen LogP contribution in [-0.2, 0) is 9.59 Å². The number of carboxylic acids is 1. The number of carbonyl (C=O) groups excluding carboxylic acids is 1. The zero-order chi connectivity index (χ0) is 12.7. The SMILES string of the molecule is CCCCC(=O)NC1(CC(=O)O)CCCCC1. The van der Waals surface area contributed by atoms with Crippen LogP contribution in [0, 0.1) is 0 Å². The van der Waals surface area contributed by atoms with Crippen molar-refractivity contribution in [1.29, 1.82) is 0 Å². The summed E-state index contributed by atoms with van der Waals surface area (Å²) < 4.78 is 0. The minimum absolute atomic E-state index is 0.00926. The van der Waals surface area contributed by atoms with E-state index in [9.17, 15) is 9.59 Å². The summed E-state index contributed by atoms with van der Waals surface area (Å²) in [6.07, 6.45) is 7.21. The standard InChI is InChI=1S/C13H23NO3/c1-2-3-7-11(15)14-13(10-12(16)17)8-5-4-6-9-13/h2-10H2,1H3,(H,14,15)(H,16,17). The van der Waals surface area contributed by atoms with E-state index in [0.717, 1.165) is 44.9 Å². The molecule has 0 radical (unpaired) electrons. The molecule has 0 heterocycles. The summed E-state index contributed by atoms with van der Waals surface area (Å²) in [7, 11) is 0. The topological polar surface area (TPSA) is 66.4 Å². The summed E-state index contributed by atoms with van der Waals surface area (Å²) in [5.74, 6) is -0.808. The van der Waals surface area contributed by atoms with Gasteiger partial charge in [0.25, 0.3) is 0 Å². The third kappa shape index (κ3) is 4.75. The van der Waals surface area contributed by atoms with Gasteiger partial charge in [0.2, 0.25) is 5.91 Å². The molecule has 0 aromatic carbocycles. The maximum atomic E-state index is 11.8. The average molecular weight is 241 g/mol. The lowest BCUT2D eigenvalue weighted by Gasteiger charge is -2.37. The first-order chi connectivity index (χ1) is 8.08. The Morgan fingerprint density at radius 1 is 1.24 bits per heavy atom. The van der Waals surface area contributed by atoms with Crippen molar-refractivity contribution in [3.8, 4) is 0 Å². The Morgan fingerprint density at radius 2 is 1.88 bits per heavy atom. The molecule has 0 atom stereocenters. The summed E-state index contributed by atoms with van der Waals surface area (Å²) >= 11 is 0. The molecule has 0 bridgehead atoms. The molecule has 98 valence electrons. The quantitative estimate of drug-likeness (QED) is 0.750. The van der Waals surface area contributed by atoms with Gasteiger partial charge in [-0.25, -0.2) is 0 Å². The lowest BCUT2D eigenvalue weighted by atomic mass is 9.79. The van der Waals surface area contributed by atoms with Gasteiger partial charge in [-0.15, -0.1) is 0 Å². The number of aliphatic carboxylic acids is 1. The van der Waals surface area contributed by atoms with Crippen LogP contribution in [0.25, 0.3) is 0 Å². The van der Waals surface area contributed by atoms with Crippen LogP contribution >= 0.6 is 0 Å². The summed E-state index contributed by atoms with van der Waals surface area (Å²) in [6, 6.07) is 0. The summed E-state index contributed by atoms with van der Waals surface area (Å²) in [5, 5.41) is 11.9. The van der Waals surface area contributed by atoms with Gasteiger partial charge >= 0.3 is 5.97 Å². The van der Waals surface area contributed by atoms with Crippen LogP contribution in [0.4, 0.5) is 0 Å². The zero-order valence-electron chi connectivity index (χ0n) is 10.6. The molecular weight excluding hydrogens is 218 g/mol. The molecule has 0 saturated heterocycles. The number of hydrogen-bond donors (Lipinski definition) is 2. The van der Waals surface area contributed by atoms with E-state index in [0.29, 0.717) is 6.42 Å². The van der Waals surface area contributed by atoms with Gasteiger partial charge in [-0.2, -0.15) is 0 Å². The van der Waals surface area contributed by atoms with Crippen molar-refractivity contribution in [3.63, 3.8) is 0 Å². The molecule has 1 aliphatic carbocycles. The van der Waals surface area contributed by atoms with Crippen molar-refractivity contribution in [2.45, 2.75) is 70.3 Å². The Labute approximate surface area is 103 Å². The monoisotopic (exact) mass is 241 g/mol. The van der Waals surface area contributed by atoms with E-state index >= 15 is 0 Å². The summed E-state index contributed by atoms with van der Waals surface area (Å²) in [6.45, 7) is 2.04. The van der Waals surface area contributed by atoms with Crippen molar-refractivity contribution in [2.75, 3.05) is 0 Å². The van der Waals surface area contributed by atoms with E-state index in [2.05, 4.69) is 5.32 Å². The molecule has 0 aromatic rings. The van der Waals surface area contributed by atoms with Crippen molar-refractivity contribution >= 4 is 11.9 Å². The zero-order valence-corrected chi connectivity index (χ0v) is 10.6. The van der Waals surface area contributed by atoms with Crippen LogP contribution in [0.5, 0.6) is 0 Å². The third-order valence-electron chi connectivity index (χ3n) is 3.46. The molecule has 1 fully saturated rings. The lowest BCUT2D eigenvalue weighted by Crippen LogP contribution is -2.51. The van der Waals surface area contributed by atoms with Crippen LogP contribution in [0.15, 0.2) is 0 Å². The predicted molar refractivity (Wildman–Crippen MR) is 65.7 cm³/mol. The molecule has 1 rings (SSSR count). The van der Waals surface area contributed by atoms with E-state index in [1.807, 2.05) is 6.92 Å². The number of rotatable bonds is 6. The van der Waals surface area contributed by atoms with Crippen molar-refractivity contribution in [3.05, 3.63) is 0 Å². The molecule has 1 saturated carbocycles. The maximum Gasteiger partial charge on any atom is 0.305 e. The first-order valence-corrected chi connectivity index (χ1v) is 6.61. The Bertz CT molecular complexity index is 270. The number of nitrogens with one attached hydrogen (secondary N) is 1. The van der Waals surface area contributed by atoms with Gasteiger partial charge in [0.15, 0.2) is 0 Å². The van der Waals surface area contributed by atoms with Crippen LogP contribution in [-0.4, -0.2) is 22.5 Å². The highest BCUT2D eigenvalue weighted by molar-refractivity contribution is 5.78. The Morgan fingerprint density at radius 3 is 2.41 bits per heavy atom. The van der Waals surface area contributed by atoms with Gasteiger partial charge in [0.05, 0.1) is 12.0 Å². The van der Waals surface area contributed by atoms with Crippen molar-refractivity contribution < 1.29 is 14.7 Å². The molecule has 0 spiro atoms. The molecule has 0 aliphatic heterocycles. The number of carboxylic acid groups (broad SMARTS) is 1. The van der Waals surface area contributed by atoms with Gasteiger partial charge in [0, 0.05) is 6.42 Å². The lowest BCUT2D eigenvalue weighted by molar-refractivity contribution is -0.139. The second-order valence-corrected chi connectivity index (χ2v) is 5.06. The highest BCUT2D eigenvalue weighted by atomic mass is 16.4. The number of amides is 1. The summed E-state index contributed by atoms with van der Waals surface area (Å²) in [5.41, 5.74) is -0.477. The first-order valence-electron chi connectivity index (χ1n) is 6.61. The summed E-state index contributed by atoms with van der Waals surface area (Å²) in [4.78, 5) is 22.7. The number of unbranched alkanes of at least 4 members (excludes halogenated alkanes) is 1. The molecule has 1 aliphatic rings. The first kappa shape index (κ1) is 14.0. The van der Waals surface area contributed by atoms with Gasteiger partial charge in [-0.05, 0) is 19.3 Å². The van der Waals surface area contributed by atoms with Crippen molar-refractivity contribution in [1.82, 2.24) is 5.32 Å². The molecular formula is C13H23NO3. The van der Waals surface area contributed by atoms with E-state index in [-0.39, 0.29) is 12.3 Å². The fourth-order valence-corrected chi connectivity index (χ4v) is 2.56. The van der Waals surface area contributed by atoms with Crippen LogP contribution < -0.4 is 5.32 Å². The van der Waals surface area contributed by atoms with Gasteiger partial charge < -0.3 is 10.4 Å². The van der Waals surface area contributed by atoms with E-state index < -0.39 is 11.5 Å². The fraction of sp³-hybridized carbons (Fsp3) is 0.846. The highest BCUT2D eigenvalue weighted by Gasteiger charge is 2.35.